The van der Waals surface area contributed by atoms with Gasteiger partial charge < -0.3 is 5.73 Å². The van der Waals surface area contributed by atoms with Crippen molar-refractivity contribution in [3.05, 3.63) is 23.7 Å². The van der Waals surface area contributed by atoms with Gasteiger partial charge in [0.25, 0.3) is 0 Å². The van der Waals surface area contributed by atoms with E-state index < -0.39 is 0 Å². The van der Waals surface area contributed by atoms with Crippen molar-refractivity contribution in [1.29, 1.82) is 0 Å². The Bertz CT molecular complexity index is 547. The minimum Gasteiger partial charge on any atom is -0.330 e. The Morgan fingerprint density at radius 1 is 1.28 bits per heavy atom. The number of fused-ring (bicyclic) bond motifs is 1. The lowest BCUT2D eigenvalue weighted by Crippen LogP contribution is -2.27. The van der Waals surface area contributed by atoms with Crippen LogP contribution in [0, 0.1) is 12.8 Å². The molecule has 0 amide bonds. The van der Waals surface area contributed by atoms with Gasteiger partial charge in [-0.3, -0.25) is 0 Å². The van der Waals surface area contributed by atoms with E-state index >= 15 is 0 Å². The highest BCUT2D eigenvalue weighted by molar-refractivity contribution is 5.36. The summed E-state index contributed by atoms with van der Waals surface area (Å²) < 4.78 is 1.90. The average molecular weight is 245 g/mol. The van der Waals surface area contributed by atoms with Crippen LogP contribution in [0.3, 0.4) is 0 Å². The number of nitrogens with zero attached hydrogens (tertiary/aromatic N) is 4. The largest absolute Gasteiger partial charge is 0.330 e. The zero-order chi connectivity index (χ0) is 12.5. The number of aryl methyl sites for hydroxylation is 1. The first-order valence-corrected chi connectivity index (χ1v) is 6.68. The van der Waals surface area contributed by atoms with Crippen molar-refractivity contribution < 1.29 is 0 Å². The SMILES string of the molecule is Cc1ccc2nnc(C3CCCCC3CN)n2n1. The summed E-state index contributed by atoms with van der Waals surface area (Å²) in [6, 6.07) is 3.94. The summed E-state index contributed by atoms with van der Waals surface area (Å²) in [5.74, 6) is 1.92. The molecule has 0 saturated heterocycles. The fourth-order valence-corrected chi connectivity index (χ4v) is 2.96. The van der Waals surface area contributed by atoms with Gasteiger partial charge in [0, 0.05) is 5.92 Å². The molecule has 96 valence electrons. The highest BCUT2D eigenvalue weighted by Crippen LogP contribution is 2.36. The standard InChI is InChI=1S/C13H19N5/c1-9-6-7-12-15-16-13(18(12)17-9)11-5-3-2-4-10(11)8-14/h6-7,10-11H,2-5,8,14H2,1H3. The van der Waals surface area contributed by atoms with Crippen molar-refractivity contribution in [2.24, 2.45) is 11.7 Å². The number of nitrogens with two attached hydrogens (primary N) is 1. The molecule has 2 heterocycles. The fourth-order valence-electron chi connectivity index (χ4n) is 2.96. The predicted octanol–water partition coefficient (Wildman–Crippen LogP) is 1.67. The summed E-state index contributed by atoms with van der Waals surface area (Å²) in [6.07, 6.45) is 4.88. The van der Waals surface area contributed by atoms with Crippen LogP contribution >= 0.6 is 0 Å². The number of aromatic nitrogens is 4. The monoisotopic (exact) mass is 245 g/mol. The first-order chi connectivity index (χ1) is 8.79. The van der Waals surface area contributed by atoms with Gasteiger partial charge in [0.2, 0.25) is 0 Å². The Hall–Kier alpha value is -1.49. The molecule has 3 rings (SSSR count). The summed E-state index contributed by atoms with van der Waals surface area (Å²) in [4.78, 5) is 0. The molecular weight excluding hydrogens is 226 g/mol. The van der Waals surface area contributed by atoms with Crippen LogP contribution in [0.5, 0.6) is 0 Å². The van der Waals surface area contributed by atoms with Crippen molar-refractivity contribution in [2.75, 3.05) is 6.54 Å². The van der Waals surface area contributed by atoms with E-state index in [1.54, 1.807) is 0 Å². The molecule has 0 aromatic carbocycles. The minimum absolute atomic E-state index is 0.410. The average Bonchev–Trinajstić information content (AvgIpc) is 2.81. The Morgan fingerprint density at radius 3 is 2.94 bits per heavy atom. The van der Waals surface area contributed by atoms with Gasteiger partial charge in [0.1, 0.15) is 0 Å². The van der Waals surface area contributed by atoms with Crippen LogP contribution in [0.4, 0.5) is 0 Å². The lowest BCUT2D eigenvalue weighted by Gasteiger charge is -2.28. The van der Waals surface area contributed by atoms with Gasteiger partial charge in [-0.1, -0.05) is 12.8 Å². The molecule has 2 N–H and O–H groups in total. The second kappa shape index (κ2) is 4.65. The quantitative estimate of drug-likeness (QED) is 0.873. The molecule has 2 aromatic heterocycles. The van der Waals surface area contributed by atoms with Crippen molar-refractivity contribution in [3.8, 4) is 0 Å². The van der Waals surface area contributed by atoms with Gasteiger partial charge in [-0.15, -0.1) is 10.2 Å². The molecule has 2 unspecified atom stereocenters. The third-order valence-electron chi connectivity index (χ3n) is 3.96. The summed E-state index contributed by atoms with van der Waals surface area (Å²) in [6.45, 7) is 2.72. The summed E-state index contributed by atoms with van der Waals surface area (Å²) in [5.41, 5.74) is 7.72. The Balaban J connectivity index is 2.04. The molecule has 18 heavy (non-hydrogen) atoms. The van der Waals surface area contributed by atoms with Crippen LogP contribution in [0.15, 0.2) is 12.1 Å². The molecule has 1 aliphatic rings. The maximum absolute atomic E-state index is 5.90. The molecule has 0 aliphatic heterocycles. The maximum atomic E-state index is 5.90. The molecule has 2 atom stereocenters. The second-order valence-corrected chi connectivity index (χ2v) is 5.19. The zero-order valence-electron chi connectivity index (χ0n) is 10.7. The van der Waals surface area contributed by atoms with Crippen molar-refractivity contribution in [3.63, 3.8) is 0 Å². The topological polar surface area (TPSA) is 69.1 Å². The Morgan fingerprint density at radius 2 is 2.11 bits per heavy atom. The van der Waals surface area contributed by atoms with E-state index in [9.17, 15) is 0 Å². The van der Waals surface area contributed by atoms with Crippen LogP contribution in [0.2, 0.25) is 0 Å². The lowest BCUT2D eigenvalue weighted by atomic mass is 9.79. The van der Waals surface area contributed by atoms with Gasteiger partial charge in [-0.05, 0) is 44.4 Å². The third kappa shape index (κ3) is 1.88. The van der Waals surface area contributed by atoms with Gasteiger partial charge in [0.15, 0.2) is 11.5 Å². The van der Waals surface area contributed by atoms with Crippen LogP contribution < -0.4 is 5.73 Å². The van der Waals surface area contributed by atoms with E-state index in [1.807, 2.05) is 23.6 Å². The Labute approximate surface area is 106 Å². The molecule has 2 aromatic rings. The van der Waals surface area contributed by atoms with Gasteiger partial charge in [0.05, 0.1) is 5.69 Å². The first-order valence-electron chi connectivity index (χ1n) is 6.68. The van der Waals surface area contributed by atoms with Crippen LogP contribution in [-0.2, 0) is 0 Å². The van der Waals surface area contributed by atoms with Gasteiger partial charge >= 0.3 is 0 Å². The van der Waals surface area contributed by atoms with Crippen LogP contribution in [0.25, 0.3) is 5.65 Å². The fraction of sp³-hybridized carbons (Fsp3) is 0.615. The first kappa shape index (κ1) is 11.6. The normalized spacial score (nSPS) is 24.6. The van der Waals surface area contributed by atoms with Crippen molar-refractivity contribution in [2.45, 2.75) is 38.5 Å². The van der Waals surface area contributed by atoms with E-state index in [0.717, 1.165) is 30.1 Å². The van der Waals surface area contributed by atoms with E-state index in [0.29, 0.717) is 11.8 Å². The molecule has 0 spiro atoms. The maximum Gasteiger partial charge on any atom is 0.177 e. The molecule has 0 radical (unpaired) electrons. The lowest BCUT2D eigenvalue weighted by molar-refractivity contribution is 0.301. The van der Waals surface area contributed by atoms with E-state index in [1.165, 1.54) is 19.3 Å². The molecular formula is C13H19N5. The highest BCUT2D eigenvalue weighted by Gasteiger charge is 2.29. The zero-order valence-corrected chi connectivity index (χ0v) is 10.7. The molecule has 1 saturated carbocycles. The van der Waals surface area contributed by atoms with Crippen LogP contribution in [0.1, 0.15) is 43.1 Å². The molecule has 1 fully saturated rings. The Kier molecular flexibility index (Phi) is 2.99. The van der Waals surface area contributed by atoms with Gasteiger partial charge in [-0.2, -0.15) is 9.61 Å². The highest BCUT2D eigenvalue weighted by atomic mass is 15.4. The second-order valence-electron chi connectivity index (χ2n) is 5.19. The van der Waals surface area contributed by atoms with Crippen molar-refractivity contribution in [1.82, 2.24) is 19.8 Å². The van der Waals surface area contributed by atoms with Crippen LogP contribution in [-0.4, -0.2) is 26.4 Å². The van der Waals surface area contributed by atoms with Crippen molar-refractivity contribution >= 4 is 5.65 Å². The third-order valence-corrected chi connectivity index (χ3v) is 3.96. The molecule has 0 bridgehead atoms. The number of hydrogen-bond acceptors (Lipinski definition) is 4. The van der Waals surface area contributed by atoms with E-state index in [-0.39, 0.29) is 0 Å². The number of hydrogen-bond donors (Lipinski definition) is 1. The number of rotatable bonds is 2. The minimum atomic E-state index is 0.410. The van der Waals surface area contributed by atoms with Gasteiger partial charge in [-0.25, -0.2) is 0 Å². The predicted molar refractivity (Wildman–Crippen MR) is 69.3 cm³/mol. The smallest absolute Gasteiger partial charge is 0.177 e. The molecule has 1 aliphatic carbocycles. The summed E-state index contributed by atoms with van der Waals surface area (Å²) in [7, 11) is 0. The summed E-state index contributed by atoms with van der Waals surface area (Å²) in [5, 5.41) is 13.1. The molecule has 5 nitrogen and oxygen atoms in total. The van der Waals surface area contributed by atoms with E-state index in [2.05, 4.69) is 15.3 Å². The molecule has 5 heteroatoms. The van der Waals surface area contributed by atoms with E-state index in [4.69, 9.17) is 5.73 Å². The summed E-state index contributed by atoms with van der Waals surface area (Å²) >= 11 is 0.